The molecule has 0 amide bonds. The molecule has 2 heterocycles. The molecule has 8 heteroatoms. The van der Waals surface area contributed by atoms with Crippen LogP contribution in [0.3, 0.4) is 0 Å². The lowest BCUT2D eigenvalue weighted by molar-refractivity contribution is -0.141. The molecular formula is C8H14BO6P. The maximum absolute atomic E-state index is 11.3. The lowest BCUT2D eigenvalue weighted by Gasteiger charge is -2.30. The molecule has 2 fully saturated rings. The molecule has 0 aromatic rings. The van der Waals surface area contributed by atoms with Crippen LogP contribution in [-0.2, 0) is 23.3 Å². The van der Waals surface area contributed by atoms with Gasteiger partial charge in [0.25, 0.3) is 0 Å². The molecule has 0 aliphatic carbocycles. The lowest BCUT2D eigenvalue weighted by Crippen LogP contribution is -2.45. The normalized spacial score (nSPS) is 45.8. The molecule has 2 rings (SSSR count). The van der Waals surface area contributed by atoms with Crippen LogP contribution >= 0.6 is 7.60 Å². The Morgan fingerprint density at radius 2 is 2.38 bits per heavy atom. The summed E-state index contributed by atoms with van der Waals surface area (Å²) in [7, 11) is 3.59. The quantitative estimate of drug-likeness (QED) is 0.533. The molecule has 16 heavy (non-hydrogen) atoms. The smallest absolute Gasteiger partial charge is 0.325 e. The van der Waals surface area contributed by atoms with Crippen LogP contribution in [0.25, 0.3) is 0 Å². The van der Waals surface area contributed by atoms with Crippen LogP contribution < -0.4 is 0 Å². The first kappa shape index (κ1) is 12.5. The van der Waals surface area contributed by atoms with E-state index in [1.54, 1.807) is 0 Å². The molecular weight excluding hydrogens is 234 g/mol. The largest absolute Gasteiger partial charge is 0.381 e. The number of rotatable bonds is 4. The van der Waals surface area contributed by atoms with E-state index < -0.39 is 31.4 Å². The van der Waals surface area contributed by atoms with Crippen molar-refractivity contribution in [3.8, 4) is 0 Å². The molecule has 2 unspecified atom stereocenters. The van der Waals surface area contributed by atoms with Crippen LogP contribution in [0.4, 0.5) is 0 Å². The first-order valence-electron chi connectivity index (χ1n) is 4.90. The van der Waals surface area contributed by atoms with Gasteiger partial charge in [-0.3, -0.25) is 9.09 Å². The second-order valence-corrected chi connectivity index (χ2v) is 6.00. The van der Waals surface area contributed by atoms with Gasteiger partial charge < -0.3 is 19.1 Å². The monoisotopic (exact) mass is 248 g/mol. The van der Waals surface area contributed by atoms with Gasteiger partial charge in [-0.15, -0.1) is 0 Å². The van der Waals surface area contributed by atoms with Gasteiger partial charge in [-0.25, -0.2) is 0 Å². The topological polar surface area (TPSA) is 74.2 Å². The molecule has 2 saturated heterocycles. The van der Waals surface area contributed by atoms with Gasteiger partial charge in [0.2, 0.25) is 0 Å². The molecule has 0 saturated carbocycles. The Kier molecular flexibility index (Phi) is 3.20. The van der Waals surface area contributed by atoms with Crippen LogP contribution in [0.15, 0.2) is 0 Å². The van der Waals surface area contributed by atoms with Crippen molar-refractivity contribution in [3.63, 3.8) is 0 Å². The third kappa shape index (κ3) is 2.08. The summed E-state index contributed by atoms with van der Waals surface area (Å²) in [6.07, 6.45) is -1.18. The van der Waals surface area contributed by atoms with Crippen LogP contribution in [0.1, 0.15) is 0 Å². The van der Waals surface area contributed by atoms with E-state index in [1.807, 2.05) is 0 Å². The van der Waals surface area contributed by atoms with Crippen molar-refractivity contribution in [2.45, 2.75) is 23.8 Å². The Morgan fingerprint density at radius 3 is 2.88 bits per heavy atom. The highest BCUT2D eigenvalue weighted by Gasteiger charge is 2.61. The molecule has 2 radical (unpaired) electrons. The van der Waals surface area contributed by atoms with Crippen molar-refractivity contribution in [1.29, 1.82) is 0 Å². The lowest BCUT2D eigenvalue weighted by atomic mass is 9.92. The second kappa shape index (κ2) is 4.08. The van der Waals surface area contributed by atoms with E-state index in [0.717, 1.165) is 6.66 Å². The van der Waals surface area contributed by atoms with Gasteiger partial charge in [0.1, 0.15) is 25.7 Å². The Bertz CT molecular complexity index is 320. The average molecular weight is 248 g/mol. The fraction of sp³-hybridized carbons (Fsp3) is 1.00. The Morgan fingerprint density at radius 1 is 1.69 bits per heavy atom. The highest BCUT2D eigenvalue weighted by atomic mass is 31.2. The van der Waals surface area contributed by atoms with Gasteiger partial charge in [0.05, 0.1) is 13.2 Å². The van der Waals surface area contributed by atoms with Crippen molar-refractivity contribution in [2.24, 2.45) is 0 Å². The van der Waals surface area contributed by atoms with Gasteiger partial charge in [-0.2, -0.15) is 0 Å². The van der Waals surface area contributed by atoms with Crippen LogP contribution in [-0.4, -0.2) is 63.5 Å². The minimum absolute atomic E-state index is 0.210. The molecule has 2 aliphatic heterocycles. The van der Waals surface area contributed by atoms with Crippen molar-refractivity contribution in [1.82, 2.24) is 0 Å². The molecule has 0 aromatic carbocycles. The zero-order chi connectivity index (χ0) is 12.0. The summed E-state index contributed by atoms with van der Waals surface area (Å²) in [5.74, 6) is 0. The summed E-state index contributed by atoms with van der Waals surface area (Å²) in [4.78, 5) is 9.25. The van der Waals surface area contributed by atoms with Crippen molar-refractivity contribution in [3.05, 3.63) is 0 Å². The van der Waals surface area contributed by atoms with E-state index in [4.69, 9.17) is 26.6 Å². The standard InChI is InChI=1S/C8H14BO6P/c1-12-3-8-4-13-5(7(9)14-8)6(8)15-16(2,10)11/h5-7H,3-4H2,1-2H3,(H,10,11)/t5?,6-,7+,8-/m0/s1. The second-order valence-electron chi connectivity index (χ2n) is 4.18. The number of fused-ring (bicyclic) bond motifs is 2. The van der Waals surface area contributed by atoms with Gasteiger partial charge >= 0.3 is 7.60 Å². The summed E-state index contributed by atoms with van der Waals surface area (Å²) in [5, 5.41) is 0. The Balaban J connectivity index is 2.19. The summed E-state index contributed by atoms with van der Waals surface area (Å²) in [6.45, 7) is 1.59. The zero-order valence-electron chi connectivity index (χ0n) is 9.16. The fourth-order valence-corrected chi connectivity index (χ4v) is 2.91. The number of hydrogen-bond donors (Lipinski definition) is 1. The van der Waals surface area contributed by atoms with Crippen molar-refractivity contribution < 1.29 is 28.2 Å². The molecule has 1 N–H and O–H groups in total. The van der Waals surface area contributed by atoms with E-state index in [9.17, 15) is 9.46 Å². The molecule has 0 spiro atoms. The van der Waals surface area contributed by atoms with Crippen molar-refractivity contribution >= 4 is 15.4 Å². The Hall–Kier alpha value is 0.0949. The van der Waals surface area contributed by atoms with E-state index in [2.05, 4.69) is 0 Å². The van der Waals surface area contributed by atoms with Crippen molar-refractivity contribution in [2.75, 3.05) is 27.0 Å². The van der Waals surface area contributed by atoms with Gasteiger partial charge in [0, 0.05) is 19.8 Å². The number of methoxy groups -OCH3 is 1. The Labute approximate surface area is 95.1 Å². The number of ether oxygens (including phenoxy) is 3. The maximum Gasteiger partial charge on any atom is 0.325 e. The predicted octanol–water partition coefficient (Wildman–Crippen LogP) is -0.504. The highest BCUT2D eigenvalue weighted by Crippen LogP contribution is 2.49. The first-order chi connectivity index (χ1) is 7.38. The first-order valence-corrected chi connectivity index (χ1v) is 6.93. The van der Waals surface area contributed by atoms with Gasteiger partial charge in [-0.1, -0.05) is 0 Å². The van der Waals surface area contributed by atoms with E-state index in [0.29, 0.717) is 0 Å². The summed E-state index contributed by atoms with van der Waals surface area (Å²) >= 11 is 0. The zero-order valence-corrected chi connectivity index (χ0v) is 10.1. The minimum atomic E-state index is -3.61. The summed E-state index contributed by atoms with van der Waals surface area (Å²) < 4.78 is 32.3. The molecule has 6 nitrogen and oxygen atoms in total. The molecule has 0 aromatic heterocycles. The highest BCUT2D eigenvalue weighted by molar-refractivity contribution is 7.51. The molecule has 5 atom stereocenters. The predicted molar refractivity (Wildman–Crippen MR) is 55.6 cm³/mol. The molecule has 2 aliphatic rings. The van der Waals surface area contributed by atoms with Crippen LogP contribution in [0.2, 0.25) is 0 Å². The molecule has 90 valence electrons. The molecule has 2 bridgehead atoms. The fourth-order valence-electron chi connectivity index (χ4n) is 2.18. The average Bonchev–Trinajstić information content (AvgIpc) is 2.54. The van der Waals surface area contributed by atoms with Gasteiger partial charge in [-0.05, 0) is 0 Å². The summed E-state index contributed by atoms with van der Waals surface area (Å²) in [6, 6.07) is -0.652. The van der Waals surface area contributed by atoms with E-state index >= 15 is 0 Å². The number of hydrogen-bond acceptors (Lipinski definition) is 5. The maximum atomic E-state index is 11.3. The van der Waals surface area contributed by atoms with Gasteiger partial charge in [0.15, 0.2) is 0 Å². The third-order valence-corrected chi connectivity index (χ3v) is 3.35. The van der Waals surface area contributed by atoms with Crippen LogP contribution in [0.5, 0.6) is 0 Å². The SMILES string of the molecule is [B][C@@H]1O[C@@]2(COC)COC1[C@@H]2OP(C)(=O)O. The summed E-state index contributed by atoms with van der Waals surface area (Å²) in [5.41, 5.74) is -0.868. The van der Waals surface area contributed by atoms with E-state index in [1.165, 1.54) is 7.11 Å². The minimum Gasteiger partial charge on any atom is -0.381 e. The third-order valence-electron chi connectivity index (χ3n) is 2.73. The van der Waals surface area contributed by atoms with Crippen LogP contribution in [0, 0.1) is 0 Å². The van der Waals surface area contributed by atoms with E-state index in [-0.39, 0.29) is 13.2 Å².